The van der Waals surface area contributed by atoms with Crippen molar-refractivity contribution < 1.29 is 13.7 Å². The van der Waals surface area contributed by atoms with Gasteiger partial charge in [0, 0.05) is 6.61 Å². The van der Waals surface area contributed by atoms with Gasteiger partial charge in [-0.25, -0.2) is 0 Å². The Morgan fingerprint density at radius 3 is 1.79 bits per heavy atom. The van der Waals surface area contributed by atoms with E-state index in [1.807, 2.05) is 0 Å². The van der Waals surface area contributed by atoms with Gasteiger partial charge in [-0.1, -0.05) is 81.4 Å². The van der Waals surface area contributed by atoms with Gasteiger partial charge in [0.05, 0.1) is 11.2 Å². The predicted molar refractivity (Wildman–Crippen MR) is 147 cm³/mol. The van der Waals surface area contributed by atoms with Gasteiger partial charge in [-0.2, -0.15) is 11.3 Å². The molecule has 1 fully saturated rings. The molecule has 2 aromatic carbocycles. The highest BCUT2D eigenvalue weighted by molar-refractivity contribution is 7.09. The topological polar surface area (TPSA) is 27.7 Å². The van der Waals surface area contributed by atoms with Gasteiger partial charge in [0.25, 0.3) is 8.32 Å². The largest absolute Gasteiger partial charge is 0.495 e. The van der Waals surface area contributed by atoms with Crippen LogP contribution in [0.1, 0.15) is 54.0 Å². The van der Waals surface area contributed by atoms with E-state index in [9.17, 15) is 0 Å². The molecule has 0 saturated carbocycles. The molecular weight excluding hydrogens is 455 g/mol. The third-order valence-electron chi connectivity index (χ3n) is 7.39. The molecule has 1 aromatic heterocycles. The molecule has 180 valence electrons. The van der Waals surface area contributed by atoms with Crippen LogP contribution in [0.2, 0.25) is 5.04 Å². The van der Waals surface area contributed by atoms with Gasteiger partial charge in [0.15, 0.2) is 0 Å². The summed E-state index contributed by atoms with van der Waals surface area (Å²) in [5.41, 5.74) is 1.70. The van der Waals surface area contributed by atoms with E-state index in [0.717, 1.165) is 11.9 Å². The summed E-state index contributed by atoms with van der Waals surface area (Å²) in [7, 11) is -2.87. The Morgan fingerprint density at radius 1 is 0.824 bits per heavy atom. The number of thiophene rings is 1. The van der Waals surface area contributed by atoms with Crippen molar-refractivity contribution in [2.75, 3.05) is 6.61 Å². The maximum absolute atomic E-state index is 7.10. The SMILES string of the molecule is CC1(C)OB(c2cscc2CCO[Si](c2ccccc2)(c2ccccc2)C(C)(C)C)OC1(C)C. The van der Waals surface area contributed by atoms with E-state index >= 15 is 0 Å². The molecule has 0 spiro atoms. The second-order valence-corrected chi connectivity index (χ2v) is 16.3. The van der Waals surface area contributed by atoms with Crippen LogP contribution in [0.3, 0.4) is 0 Å². The van der Waals surface area contributed by atoms with Crippen molar-refractivity contribution in [3.63, 3.8) is 0 Å². The summed E-state index contributed by atoms with van der Waals surface area (Å²) in [5, 5.41) is 6.98. The normalized spacial score (nSPS) is 17.8. The lowest BCUT2D eigenvalue weighted by Crippen LogP contribution is -2.66. The summed E-state index contributed by atoms with van der Waals surface area (Å²) in [5.74, 6) is 0. The number of benzene rings is 2. The monoisotopic (exact) mass is 492 g/mol. The zero-order valence-corrected chi connectivity index (χ0v) is 23.4. The second-order valence-electron chi connectivity index (χ2n) is 11.2. The van der Waals surface area contributed by atoms with Gasteiger partial charge < -0.3 is 13.7 Å². The summed E-state index contributed by atoms with van der Waals surface area (Å²) < 4.78 is 19.8. The van der Waals surface area contributed by atoms with Crippen molar-refractivity contribution in [2.24, 2.45) is 0 Å². The van der Waals surface area contributed by atoms with Crippen molar-refractivity contribution in [1.82, 2.24) is 0 Å². The highest BCUT2D eigenvalue weighted by Gasteiger charge is 2.53. The van der Waals surface area contributed by atoms with Crippen molar-refractivity contribution in [3.05, 3.63) is 77.0 Å². The van der Waals surface area contributed by atoms with Crippen molar-refractivity contribution >= 4 is 42.6 Å². The Labute approximate surface area is 210 Å². The molecule has 0 unspecified atom stereocenters. The quantitative estimate of drug-likeness (QED) is 0.426. The molecule has 2 heterocycles. The van der Waals surface area contributed by atoms with E-state index in [0.29, 0.717) is 6.61 Å². The molecule has 0 N–H and O–H groups in total. The Kier molecular flexibility index (Phi) is 7.02. The van der Waals surface area contributed by atoms with Crippen molar-refractivity contribution in [2.45, 2.75) is 71.1 Å². The third kappa shape index (κ3) is 4.59. The van der Waals surface area contributed by atoms with Gasteiger partial charge >= 0.3 is 7.12 Å². The van der Waals surface area contributed by atoms with E-state index in [2.05, 4.69) is 120 Å². The molecule has 0 amide bonds. The minimum Gasteiger partial charge on any atom is -0.407 e. The number of hydrogen-bond donors (Lipinski definition) is 0. The molecule has 4 rings (SSSR count). The standard InChI is InChI=1S/C28H37BO3SSi/c1-26(2,3)34(23-14-10-8-11-15-23,24-16-12-9-13-17-24)30-19-18-22-20-33-21-25(22)29-31-27(4,5)28(6,7)32-29/h8-17,20-21H,18-19H2,1-7H3. The summed E-state index contributed by atoms with van der Waals surface area (Å²) in [6.07, 6.45) is 0.827. The van der Waals surface area contributed by atoms with E-state index in [1.54, 1.807) is 11.3 Å². The Balaban J connectivity index is 1.61. The maximum Gasteiger partial charge on any atom is 0.495 e. The molecule has 1 aliphatic rings. The molecule has 34 heavy (non-hydrogen) atoms. The zero-order valence-electron chi connectivity index (χ0n) is 21.6. The van der Waals surface area contributed by atoms with Gasteiger partial charge in [-0.05, 0) is 71.3 Å². The second kappa shape index (κ2) is 9.40. The Bertz CT molecular complexity index is 1030. The van der Waals surface area contributed by atoms with Gasteiger partial charge in [-0.3, -0.25) is 0 Å². The van der Waals surface area contributed by atoms with Crippen LogP contribution < -0.4 is 15.8 Å². The van der Waals surface area contributed by atoms with Crippen LogP contribution in [0, 0.1) is 0 Å². The first-order valence-electron chi connectivity index (χ1n) is 12.1. The molecule has 0 atom stereocenters. The maximum atomic E-state index is 7.10. The molecular formula is C28H37BO3SSi. The fourth-order valence-corrected chi connectivity index (χ4v) is 10.2. The minimum atomic E-state index is -2.54. The summed E-state index contributed by atoms with van der Waals surface area (Å²) in [4.78, 5) is 0. The van der Waals surface area contributed by atoms with Crippen LogP contribution in [0.5, 0.6) is 0 Å². The van der Waals surface area contributed by atoms with Crippen LogP contribution in [-0.4, -0.2) is 33.2 Å². The molecule has 3 aromatic rings. The smallest absolute Gasteiger partial charge is 0.407 e. The fraction of sp³-hybridized carbons (Fsp3) is 0.429. The molecule has 1 saturated heterocycles. The first kappa shape index (κ1) is 25.4. The van der Waals surface area contributed by atoms with Crippen LogP contribution >= 0.6 is 11.3 Å². The third-order valence-corrected chi connectivity index (χ3v) is 13.2. The van der Waals surface area contributed by atoms with Crippen LogP contribution in [-0.2, 0) is 20.2 Å². The van der Waals surface area contributed by atoms with Crippen molar-refractivity contribution in [1.29, 1.82) is 0 Å². The van der Waals surface area contributed by atoms with E-state index in [1.165, 1.54) is 15.9 Å². The average molecular weight is 493 g/mol. The first-order chi connectivity index (χ1) is 16.0. The Morgan fingerprint density at radius 2 is 1.32 bits per heavy atom. The molecule has 6 heteroatoms. The average Bonchev–Trinajstić information content (AvgIpc) is 3.32. The van der Waals surface area contributed by atoms with Gasteiger partial charge in [0.1, 0.15) is 0 Å². The Hall–Kier alpha value is -1.70. The van der Waals surface area contributed by atoms with E-state index in [4.69, 9.17) is 13.7 Å². The molecule has 0 aliphatic carbocycles. The van der Waals surface area contributed by atoms with E-state index in [-0.39, 0.29) is 23.4 Å². The molecule has 1 aliphatic heterocycles. The lowest BCUT2D eigenvalue weighted by molar-refractivity contribution is 0.00578. The fourth-order valence-electron chi connectivity index (χ4n) is 4.79. The number of hydrogen-bond acceptors (Lipinski definition) is 4. The van der Waals surface area contributed by atoms with E-state index < -0.39 is 8.32 Å². The first-order valence-corrected chi connectivity index (χ1v) is 15.0. The van der Waals surface area contributed by atoms with Gasteiger partial charge in [0.2, 0.25) is 0 Å². The zero-order chi connectivity index (χ0) is 24.6. The molecule has 3 nitrogen and oxygen atoms in total. The lowest BCUT2D eigenvalue weighted by Gasteiger charge is -2.43. The lowest BCUT2D eigenvalue weighted by atomic mass is 9.78. The van der Waals surface area contributed by atoms with Crippen LogP contribution in [0.25, 0.3) is 0 Å². The number of rotatable bonds is 7. The summed E-state index contributed by atoms with van der Waals surface area (Å²) in [6.45, 7) is 16.0. The highest BCUT2D eigenvalue weighted by Crippen LogP contribution is 2.38. The van der Waals surface area contributed by atoms with Crippen LogP contribution in [0.15, 0.2) is 71.4 Å². The minimum absolute atomic E-state index is 0.0289. The van der Waals surface area contributed by atoms with Crippen molar-refractivity contribution in [3.8, 4) is 0 Å². The molecule has 0 radical (unpaired) electrons. The summed E-state index contributed by atoms with van der Waals surface area (Å²) >= 11 is 1.71. The van der Waals surface area contributed by atoms with Gasteiger partial charge in [-0.15, -0.1) is 0 Å². The molecule has 0 bridgehead atoms. The predicted octanol–water partition coefficient (Wildman–Crippen LogP) is 5.17. The highest BCUT2D eigenvalue weighted by atomic mass is 32.1. The summed E-state index contributed by atoms with van der Waals surface area (Å²) in [6, 6.07) is 21.6. The van der Waals surface area contributed by atoms with Crippen LogP contribution in [0.4, 0.5) is 0 Å².